The number of ether oxygens (including phenoxy) is 3. The molecule has 0 radical (unpaired) electrons. The van der Waals surface area contributed by atoms with Crippen LogP contribution < -0.4 is 4.74 Å². The van der Waals surface area contributed by atoms with E-state index in [4.69, 9.17) is 25.8 Å². The van der Waals surface area contributed by atoms with Crippen LogP contribution in [0, 0.1) is 0 Å². The van der Waals surface area contributed by atoms with Gasteiger partial charge in [-0.2, -0.15) is 0 Å². The van der Waals surface area contributed by atoms with Crippen molar-refractivity contribution in [2.24, 2.45) is 0 Å². The number of fused-ring (bicyclic) bond motifs is 3. The largest absolute Gasteiger partial charge is 0.471 e. The maximum absolute atomic E-state index is 13.1. The van der Waals surface area contributed by atoms with Crippen molar-refractivity contribution in [3.8, 4) is 5.88 Å². The Hall–Kier alpha value is -3.09. The fraction of sp³-hybridized carbons (Fsp3) is 0.280. The Morgan fingerprint density at radius 3 is 2.75 bits per heavy atom. The predicted octanol–water partition coefficient (Wildman–Crippen LogP) is 5.80. The number of methoxy groups -OCH3 is 1. The van der Waals surface area contributed by atoms with Crippen LogP contribution in [0.5, 0.6) is 5.88 Å². The van der Waals surface area contributed by atoms with Crippen LogP contribution in [0.1, 0.15) is 40.9 Å². The van der Waals surface area contributed by atoms with Gasteiger partial charge in [-0.3, -0.25) is 0 Å². The number of halogens is 1. The highest BCUT2D eigenvalue weighted by atomic mass is 35.5. The minimum absolute atomic E-state index is 0.0470. The Bertz CT molecular complexity index is 1300. The molecule has 32 heavy (non-hydrogen) atoms. The number of para-hydroxylation sites is 1. The van der Waals surface area contributed by atoms with Gasteiger partial charge in [-0.1, -0.05) is 41.9 Å². The first-order valence-electron chi connectivity index (χ1n) is 10.6. The van der Waals surface area contributed by atoms with Gasteiger partial charge in [0, 0.05) is 34.0 Å². The summed E-state index contributed by atoms with van der Waals surface area (Å²) in [5.74, 6) is -0.0990. The Balaban J connectivity index is 1.64. The van der Waals surface area contributed by atoms with E-state index in [9.17, 15) is 4.79 Å². The number of carbonyl (C=O) groups is 1. The summed E-state index contributed by atoms with van der Waals surface area (Å²) in [5, 5.41) is 2.47. The van der Waals surface area contributed by atoms with Gasteiger partial charge in [0.1, 0.15) is 18.2 Å². The summed E-state index contributed by atoms with van der Waals surface area (Å²) in [7, 11) is 1.60. The van der Waals surface area contributed by atoms with Gasteiger partial charge in [0.05, 0.1) is 6.61 Å². The van der Waals surface area contributed by atoms with E-state index in [-0.39, 0.29) is 25.0 Å². The second kappa shape index (κ2) is 8.81. The standard InChI is InChI=1S/C25H23ClN2O4/c1-30-14-19-21-18-10-2-3-11-20(18)27-23(21)24(31-13-15-6-4-7-16(26)12-15)28-22(19)25(29)32-17-8-5-9-17/h2-4,6-7,10-12,17,27H,5,8-9,13-14H2,1H3. The fourth-order valence-electron chi connectivity index (χ4n) is 3.99. The second-order valence-corrected chi connectivity index (χ2v) is 8.41. The van der Waals surface area contributed by atoms with E-state index in [0.29, 0.717) is 16.5 Å². The summed E-state index contributed by atoms with van der Waals surface area (Å²) in [6.07, 6.45) is 2.80. The third kappa shape index (κ3) is 3.92. The lowest BCUT2D eigenvalue weighted by atomic mass is 9.96. The summed E-state index contributed by atoms with van der Waals surface area (Å²) >= 11 is 6.11. The molecular formula is C25H23ClN2O4. The topological polar surface area (TPSA) is 73.4 Å². The monoisotopic (exact) mass is 450 g/mol. The summed E-state index contributed by atoms with van der Waals surface area (Å²) in [4.78, 5) is 21.1. The molecule has 1 aliphatic rings. The third-order valence-electron chi connectivity index (χ3n) is 5.79. The summed E-state index contributed by atoms with van der Waals surface area (Å²) in [6, 6.07) is 15.4. The predicted molar refractivity (Wildman–Crippen MR) is 123 cm³/mol. The van der Waals surface area contributed by atoms with Crippen LogP contribution in [0.4, 0.5) is 0 Å². The van der Waals surface area contributed by atoms with Crippen molar-refractivity contribution in [3.05, 3.63) is 70.4 Å². The molecule has 1 saturated carbocycles. The maximum atomic E-state index is 13.1. The molecule has 0 spiro atoms. The number of hydrogen-bond acceptors (Lipinski definition) is 5. The molecule has 0 amide bonds. The number of nitrogens with zero attached hydrogens (tertiary/aromatic N) is 1. The first-order valence-corrected chi connectivity index (χ1v) is 11.0. The van der Waals surface area contributed by atoms with Crippen LogP contribution in [-0.4, -0.2) is 29.2 Å². The van der Waals surface area contributed by atoms with Crippen LogP contribution in [0.25, 0.3) is 21.8 Å². The molecule has 6 nitrogen and oxygen atoms in total. The summed E-state index contributed by atoms with van der Waals surface area (Å²) in [6.45, 7) is 0.494. The van der Waals surface area contributed by atoms with Crippen molar-refractivity contribution in [2.75, 3.05) is 7.11 Å². The highest BCUT2D eigenvalue weighted by molar-refractivity contribution is 6.30. The van der Waals surface area contributed by atoms with Crippen LogP contribution >= 0.6 is 11.6 Å². The molecule has 1 N–H and O–H groups in total. The number of esters is 1. The van der Waals surface area contributed by atoms with E-state index in [2.05, 4.69) is 9.97 Å². The zero-order chi connectivity index (χ0) is 22.1. The number of H-pyrrole nitrogens is 1. The first kappa shape index (κ1) is 20.8. The molecule has 0 saturated heterocycles. The molecule has 2 aromatic carbocycles. The minimum atomic E-state index is -0.443. The molecule has 0 atom stereocenters. The average molecular weight is 451 g/mol. The van der Waals surface area contributed by atoms with Gasteiger partial charge in [0.15, 0.2) is 5.69 Å². The Morgan fingerprint density at radius 1 is 1.16 bits per heavy atom. The number of aromatic nitrogens is 2. The van der Waals surface area contributed by atoms with E-state index in [1.165, 1.54) is 0 Å². The van der Waals surface area contributed by atoms with Crippen molar-refractivity contribution in [1.29, 1.82) is 0 Å². The summed E-state index contributed by atoms with van der Waals surface area (Å²) < 4.78 is 17.3. The normalized spacial score (nSPS) is 13.9. The zero-order valence-corrected chi connectivity index (χ0v) is 18.4. The van der Waals surface area contributed by atoms with Crippen molar-refractivity contribution < 1.29 is 19.0 Å². The van der Waals surface area contributed by atoms with Gasteiger partial charge in [-0.05, 0) is 43.0 Å². The van der Waals surface area contributed by atoms with Gasteiger partial charge >= 0.3 is 5.97 Å². The molecule has 4 aromatic rings. The molecule has 1 aliphatic carbocycles. The molecular weight excluding hydrogens is 428 g/mol. The molecule has 2 aromatic heterocycles. The minimum Gasteiger partial charge on any atom is -0.471 e. The maximum Gasteiger partial charge on any atom is 0.357 e. The SMILES string of the molecule is COCc1c(C(=O)OC2CCC2)nc(OCc2cccc(Cl)c2)c2[nH]c3ccccc3c12. The number of carbonyl (C=O) groups excluding carboxylic acids is 1. The number of pyridine rings is 1. The van der Waals surface area contributed by atoms with Crippen molar-refractivity contribution in [1.82, 2.24) is 9.97 Å². The van der Waals surface area contributed by atoms with Crippen molar-refractivity contribution >= 4 is 39.4 Å². The smallest absolute Gasteiger partial charge is 0.357 e. The molecule has 0 bridgehead atoms. The van der Waals surface area contributed by atoms with E-state index < -0.39 is 5.97 Å². The zero-order valence-electron chi connectivity index (χ0n) is 17.7. The molecule has 5 rings (SSSR count). The van der Waals surface area contributed by atoms with E-state index in [1.807, 2.05) is 48.5 Å². The van der Waals surface area contributed by atoms with Crippen LogP contribution in [-0.2, 0) is 22.7 Å². The highest BCUT2D eigenvalue weighted by Gasteiger charge is 2.28. The van der Waals surface area contributed by atoms with E-state index in [0.717, 1.165) is 46.6 Å². The van der Waals surface area contributed by atoms with Gasteiger partial charge in [0.25, 0.3) is 0 Å². The molecule has 7 heteroatoms. The van der Waals surface area contributed by atoms with Crippen LogP contribution in [0.15, 0.2) is 48.5 Å². The Labute approximate surface area is 190 Å². The number of nitrogens with one attached hydrogen (secondary N) is 1. The Morgan fingerprint density at radius 2 is 2.00 bits per heavy atom. The molecule has 164 valence electrons. The first-order chi connectivity index (χ1) is 15.6. The van der Waals surface area contributed by atoms with Gasteiger partial charge in [-0.15, -0.1) is 0 Å². The fourth-order valence-corrected chi connectivity index (χ4v) is 4.20. The highest BCUT2D eigenvalue weighted by Crippen LogP contribution is 2.36. The number of aromatic amines is 1. The van der Waals surface area contributed by atoms with E-state index >= 15 is 0 Å². The molecule has 0 aliphatic heterocycles. The van der Waals surface area contributed by atoms with Gasteiger partial charge < -0.3 is 19.2 Å². The molecule has 0 unspecified atom stereocenters. The third-order valence-corrected chi connectivity index (χ3v) is 6.03. The lowest BCUT2D eigenvalue weighted by molar-refractivity contribution is 0.00792. The van der Waals surface area contributed by atoms with Gasteiger partial charge in [0.2, 0.25) is 5.88 Å². The van der Waals surface area contributed by atoms with Crippen LogP contribution in [0.2, 0.25) is 5.02 Å². The van der Waals surface area contributed by atoms with Crippen LogP contribution in [0.3, 0.4) is 0 Å². The number of benzene rings is 2. The van der Waals surface area contributed by atoms with Crippen molar-refractivity contribution in [3.63, 3.8) is 0 Å². The van der Waals surface area contributed by atoms with Crippen molar-refractivity contribution in [2.45, 2.75) is 38.6 Å². The number of hydrogen-bond donors (Lipinski definition) is 1. The van der Waals surface area contributed by atoms with Gasteiger partial charge in [-0.25, -0.2) is 9.78 Å². The Kier molecular flexibility index (Phi) is 5.72. The van der Waals surface area contributed by atoms with E-state index in [1.54, 1.807) is 7.11 Å². The molecule has 2 heterocycles. The second-order valence-electron chi connectivity index (χ2n) is 7.97. The number of rotatable bonds is 7. The average Bonchev–Trinajstić information content (AvgIpc) is 3.15. The summed E-state index contributed by atoms with van der Waals surface area (Å²) in [5.41, 5.74) is 3.49. The molecule has 1 fully saturated rings. The quantitative estimate of drug-likeness (QED) is 0.360. The lowest BCUT2D eigenvalue weighted by Gasteiger charge is -2.25. The lowest BCUT2D eigenvalue weighted by Crippen LogP contribution is -2.26.